The van der Waals surface area contributed by atoms with Crippen LogP contribution >= 0.6 is 11.3 Å². The molecule has 0 aliphatic heterocycles. The molecule has 0 unspecified atom stereocenters. The molecular formula is C20H17F2N3O2S. The van der Waals surface area contributed by atoms with Crippen LogP contribution in [0.5, 0.6) is 0 Å². The van der Waals surface area contributed by atoms with Gasteiger partial charge in [-0.15, -0.1) is 11.3 Å². The highest BCUT2D eigenvalue weighted by molar-refractivity contribution is 7.13. The van der Waals surface area contributed by atoms with E-state index in [-0.39, 0.29) is 4.88 Å². The van der Waals surface area contributed by atoms with Crippen LogP contribution in [0.25, 0.3) is 11.1 Å². The van der Waals surface area contributed by atoms with Gasteiger partial charge >= 0.3 is 0 Å². The van der Waals surface area contributed by atoms with Gasteiger partial charge in [-0.2, -0.15) is 0 Å². The van der Waals surface area contributed by atoms with Gasteiger partial charge in [0.15, 0.2) is 0 Å². The van der Waals surface area contributed by atoms with E-state index in [4.69, 9.17) is 4.84 Å². The van der Waals surface area contributed by atoms with Gasteiger partial charge in [0.2, 0.25) is 0 Å². The Balaban J connectivity index is 1.93. The maximum atomic E-state index is 13.2. The Bertz CT molecular complexity index is 1020. The summed E-state index contributed by atoms with van der Waals surface area (Å²) in [7, 11) is 1.46. The number of carbonyl (C=O) groups excluding carboxylic acids is 1. The molecule has 3 aromatic rings. The average molecular weight is 401 g/mol. The maximum absolute atomic E-state index is 13.2. The minimum absolute atomic E-state index is 0.0803. The number of halogens is 2. The molecule has 0 aliphatic carbocycles. The van der Waals surface area contributed by atoms with Crippen LogP contribution in [0.3, 0.4) is 0 Å². The number of benzene rings is 2. The van der Waals surface area contributed by atoms with Crippen molar-refractivity contribution in [2.75, 3.05) is 12.4 Å². The predicted molar refractivity (Wildman–Crippen MR) is 106 cm³/mol. The van der Waals surface area contributed by atoms with Gasteiger partial charge in [-0.05, 0) is 30.2 Å². The molecule has 28 heavy (non-hydrogen) atoms. The van der Waals surface area contributed by atoms with Crippen LogP contribution in [0.1, 0.15) is 32.4 Å². The number of hydrogen-bond donors (Lipinski definition) is 1. The van der Waals surface area contributed by atoms with Gasteiger partial charge in [0.25, 0.3) is 12.3 Å². The molecule has 1 heterocycles. The van der Waals surface area contributed by atoms with Gasteiger partial charge in [0.05, 0.1) is 11.2 Å². The third-order valence-corrected chi connectivity index (χ3v) is 4.84. The SMILES string of the molecule is CO/N=C/c1cccc(-c2ccccc2NC(=O)c2sc(C)nc2C(F)F)c1. The third-order valence-electron chi connectivity index (χ3n) is 3.85. The fourth-order valence-electron chi connectivity index (χ4n) is 2.68. The van der Waals surface area contributed by atoms with Gasteiger partial charge in [-0.3, -0.25) is 4.79 Å². The van der Waals surface area contributed by atoms with E-state index in [1.807, 2.05) is 36.4 Å². The van der Waals surface area contributed by atoms with Crippen molar-refractivity contribution in [3.05, 3.63) is 69.7 Å². The number of anilines is 1. The molecule has 0 aliphatic rings. The molecular weight excluding hydrogens is 384 g/mol. The minimum Gasteiger partial charge on any atom is -0.399 e. The zero-order valence-electron chi connectivity index (χ0n) is 15.1. The number of aromatic nitrogens is 1. The number of hydrogen-bond acceptors (Lipinski definition) is 5. The van der Waals surface area contributed by atoms with E-state index in [0.717, 1.165) is 28.0 Å². The summed E-state index contributed by atoms with van der Waals surface area (Å²) in [6.45, 7) is 1.59. The van der Waals surface area contributed by atoms with Crippen molar-refractivity contribution < 1.29 is 18.4 Å². The highest BCUT2D eigenvalue weighted by Crippen LogP contribution is 2.31. The van der Waals surface area contributed by atoms with Crippen LogP contribution in [0, 0.1) is 6.92 Å². The van der Waals surface area contributed by atoms with Crippen LogP contribution in [0.2, 0.25) is 0 Å². The highest BCUT2D eigenvalue weighted by atomic mass is 32.1. The predicted octanol–water partition coefficient (Wildman–Crippen LogP) is 5.29. The standard InChI is InChI=1S/C20H17F2N3O2S/c1-12-24-17(19(21)22)18(28-12)20(26)25-16-9-4-3-8-15(16)14-7-5-6-13(10-14)11-23-27-2/h3-11,19H,1-2H3,(H,25,26)/b23-11+. The van der Waals surface area contributed by atoms with Crippen LogP contribution in [-0.2, 0) is 4.84 Å². The van der Waals surface area contributed by atoms with E-state index in [1.165, 1.54) is 7.11 Å². The molecule has 5 nitrogen and oxygen atoms in total. The molecule has 0 spiro atoms. The second-order valence-corrected chi connectivity index (χ2v) is 6.99. The van der Waals surface area contributed by atoms with Gasteiger partial charge in [-0.1, -0.05) is 41.6 Å². The highest BCUT2D eigenvalue weighted by Gasteiger charge is 2.24. The Labute approximate surface area is 164 Å². The van der Waals surface area contributed by atoms with Crippen LogP contribution in [0.15, 0.2) is 53.7 Å². The molecule has 144 valence electrons. The molecule has 1 aromatic heterocycles. The van der Waals surface area contributed by atoms with E-state index in [9.17, 15) is 13.6 Å². The molecule has 3 rings (SSSR count). The van der Waals surface area contributed by atoms with Gasteiger partial charge in [-0.25, -0.2) is 13.8 Å². The van der Waals surface area contributed by atoms with Gasteiger partial charge < -0.3 is 10.2 Å². The van der Waals surface area contributed by atoms with E-state index in [2.05, 4.69) is 15.5 Å². The summed E-state index contributed by atoms with van der Waals surface area (Å²) in [6, 6.07) is 14.6. The summed E-state index contributed by atoms with van der Waals surface area (Å²) in [5, 5.41) is 6.90. The Morgan fingerprint density at radius 2 is 2.04 bits per heavy atom. The van der Waals surface area contributed by atoms with E-state index in [0.29, 0.717) is 10.7 Å². The van der Waals surface area contributed by atoms with Gasteiger partial charge in [0.1, 0.15) is 17.7 Å². The molecule has 0 radical (unpaired) electrons. The number of para-hydroxylation sites is 1. The number of rotatable bonds is 6. The fraction of sp³-hybridized carbons (Fsp3) is 0.150. The lowest BCUT2D eigenvalue weighted by Crippen LogP contribution is -2.13. The van der Waals surface area contributed by atoms with E-state index >= 15 is 0 Å². The summed E-state index contributed by atoms with van der Waals surface area (Å²) < 4.78 is 26.3. The van der Waals surface area contributed by atoms with Crippen molar-refractivity contribution in [3.8, 4) is 11.1 Å². The smallest absolute Gasteiger partial charge is 0.282 e. The summed E-state index contributed by atoms with van der Waals surface area (Å²) >= 11 is 0.949. The minimum atomic E-state index is -2.81. The Morgan fingerprint density at radius 1 is 1.25 bits per heavy atom. The topological polar surface area (TPSA) is 63.6 Å². The van der Waals surface area contributed by atoms with Crippen LogP contribution in [-0.4, -0.2) is 24.2 Å². The number of alkyl halides is 2. The molecule has 0 bridgehead atoms. The molecule has 0 fully saturated rings. The van der Waals surface area contributed by atoms with Crippen molar-refractivity contribution >= 4 is 29.1 Å². The zero-order chi connectivity index (χ0) is 20.1. The first kappa shape index (κ1) is 19.6. The molecule has 0 saturated carbocycles. The van der Waals surface area contributed by atoms with Crippen LogP contribution in [0.4, 0.5) is 14.5 Å². The lowest BCUT2D eigenvalue weighted by molar-refractivity contribution is 0.101. The first-order valence-electron chi connectivity index (χ1n) is 8.32. The van der Waals surface area contributed by atoms with Crippen molar-refractivity contribution in [2.24, 2.45) is 5.16 Å². The van der Waals surface area contributed by atoms with Crippen molar-refractivity contribution in [1.82, 2.24) is 4.98 Å². The number of carbonyl (C=O) groups is 1. The van der Waals surface area contributed by atoms with Crippen molar-refractivity contribution in [2.45, 2.75) is 13.3 Å². The summed E-state index contributed by atoms with van der Waals surface area (Å²) in [6.07, 6.45) is -1.24. The summed E-state index contributed by atoms with van der Waals surface area (Å²) in [5.41, 5.74) is 2.43. The lowest BCUT2D eigenvalue weighted by atomic mass is 10.0. The molecule has 2 aromatic carbocycles. The number of nitrogens with one attached hydrogen (secondary N) is 1. The second kappa shape index (κ2) is 8.71. The first-order chi connectivity index (χ1) is 13.5. The number of nitrogens with zero attached hydrogens (tertiary/aromatic N) is 2. The molecule has 8 heteroatoms. The van der Waals surface area contributed by atoms with Crippen molar-refractivity contribution in [3.63, 3.8) is 0 Å². The average Bonchev–Trinajstić information content (AvgIpc) is 3.09. The molecule has 0 saturated heterocycles. The third kappa shape index (κ3) is 4.40. The van der Waals surface area contributed by atoms with Gasteiger partial charge in [0, 0.05) is 11.3 Å². The molecule has 0 atom stereocenters. The second-order valence-electron chi connectivity index (χ2n) is 5.79. The number of oxime groups is 1. The molecule has 1 amide bonds. The Kier molecular flexibility index (Phi) is 6.10. The Hall–Kier alpha value is -3.13. The van der Waals surface area contributed by atoms with Crippen molar-refractivity contribution in [1.29, 1.82) is 0 Å². The number of amides is 1. The maximum Gasteiger partial charge on any atom is 0.282 e. The molecule has 1 N–H and O–H groups in total. The summed E-state index contributed by atoms with van der Waals surface area (Å²) in [5.74, 6) is -0.606. The normalized spacial score (nSPS) is 11.2. The first-order valence-corrected chi connectivity index (χ1v) is 9.14. The van der Waals surface area contributed by atoms with Crippen LogP contribution < -0.4 is 5.32 Å². The van der Waals surface area contributed by atoms with E-state index in [1.54, 1.807) is 25.3 Å². The monoisotopic (exact) mass is 401 g/mol. The fourth-order valence-corrected chi connectivity index (χ4v) is 3.50. The zero-order valence-corrected chi connectivity index (χ0v) is 16.0. The largest absolute Gasteiger partial charge is 0.399 e. The lowest BCUT2D eigenvalue weighted by Gasteiger charge is -2.12. The quantitative estimate of drug-likeness (QED) is 0.451. The summed E-state index contributed by atoms with van der Waals surface area (Å²) in [4.78, 5) is 21.0. The Morgan fingerprint density at radius 3 is 2.79 bits per heavy atom. The van der Waals surface area contributed by atoms with E-state index < -0.39 is 18.0 Å². The number of aryl methyl sites for hydroxylation is 1. The number of thiazole rings is 1.